The summed E-state index contributed by atoms with van der Waals surface area (Å²) in [6.45, 7) is 2.30. The van der Waals surface area contributed by atoms with E-state index in [1.165, 1.54) is 0 Å². The molecular formula is C23H27NO4. The Morgan fingerprint density at radius 3 is 2.36 bits per heavy atom. The predicted molar refractivity (Wildman–Crippen MR) is 107 cm³/mol. The van der Waals surface area contributed by atoms with Crippen LogP contribution in [0.3, 0.4) is 0 Å². The van der Waals surface area contributed by atoms with Crippen molar-refractivity contribution in [1.29, 1.82) is 0 Å². The van der Waals surface area contributed by atoms with E-state index in [4.69, 9.17) is 9.47 Å². The molecule has 0 amide bonds. The van der Waals surface area contributed by atoms with Gasteiger partial charge in [-0.25, -0.2) is 0 Å². The number of carbonyl (C=O) groups excluding carboxylic acids is 1. The summed E-state index contributed by atoms with van der Waals surface area (Å²) in [5.74, 6) is 1.40. The first-order valence-electron chi connectivity index (χ1n) is 9.83. The first-order valence-corrected chi connectivity index (χ1v) is 9.83. The van der Waals surface area contributed by atoms with Gasteiger partial charge in [0.1, 0.15) is 0 Å². The molecule has 0 bridgehead atoms. The first kappa shape index (κ1) is 19.0. The van der Waals surface area contributed by atoms with Crippen molar-refractivity contribution in [3.63, 3.8) is 0 Å². The van der Waals surface area contributed by atoms with Gasteiger partial charge in [-0.3, -0.25) is 4.79 Å². The lowest BCUT2D eigenvalue weighted by Gasteiger charge is -2.39. The highest BCUT2D eigenvalue weighted by atomic mass is 16.5. The Morgan fingerprint density at radius 1 is 1.07 bits per heavy atom. The molecule has 1 saturated heterocycles. The highest BCUT2D eigenvalue weighted by Crippen LogP contribution is 2.38. The molecule has 2 aliphatic rings. The lowest BCUT2D eigenvalue weighted by molar-refractivity contribution is -0.0279. The Kier molecular flexibility index (Phi) is 5.13. The molecule has 148 valence electrons. The number of piperidine rings is 1. The molecule has 2 aromatic carbocycles. The fraction of sp³-hybridized carbons (Fsp3) is 0.435. The minimum Gasteiger partial charge on any atom is -0.493 e. The summed E-state index contributed by atoms with van der Waals surface area (Å²) >= 11 is 0. The van der Waals surface area contributed by atoms with Gasteiger partial charge in [0.05, 0.1) is 19.8 Å². The summed E-state index contributed by atoms with van der Waals surface area (Å²) in [7, 11) is 3.20. The summed E-state index contributed by atoms with van der Waals surface area (Å²) in [6, 6.07) is 13.6. The molecular weight excluding hydrogens is 354 g/mol. The van der Waals surface area contributed by atoms with E-state index in [1.807, 2.05) is 36.4 Å². The van der Waals surface area contributed by atoms with Crippen LogP contribution in [0, 0.1) is 5.92 Å². The van der Waals surface area contributed by atoms with Crippen LogP contribution in [0.25, 0.3) is 0 Å². The van der Waals surface area contributed by atoms with Crippen LogP contribution in [0.2, 0.25) is 0 Å². The normalized spacial score (nSPS) is 21.4. The molecule has 1 unspecified atom stereocenters. The van der Waals surface area contributed by atoms with E-state index >= 15 is 0 Å². The van der Waals surface area contributed by atoms with Crippen molar-refractivity contribution >= 4 is 5.78 Å². The molecule has 1 fully saturated rings. The van der Waals surface area contributed by atoms with Gasteiger partial charge in [-0.15, -0.1) is 0 Å². The van der Waals surface area contributed by atoms with Gasteiger partial charge in [-0.1, -0.05) is 30.3 Å². The monoisotopic (exact) mass is 381 g/mol. The van der Waals surface area contributed by atoms with Crippen molar-refractivity contribution in [2.24, 2.45) is 5.92 Å². The smallest absolute Gasteiger partial charge is 0.167 e. The van der Waals surface area contributed by atoms with E-state index in [1.54, 1.807) is 20.3 Å². The van der Waals surface area contributed by atoms with Crippen LogP contribution in [0.4, 0.5) is 0 Å². The number of hydrogen-bond acceptors (Lipinski definition) is 5. The molecule has 1 aliphatic carbocycles. The number of likely N-dealkylation sites (tertiary alicyclic amines) is 1. The van der Waals surface area contributed by atoms with Gasteiger partial charge < -0.3 is 19.5 Å². The Labute approximate surface area is 165 Å². The molecule has 2 aromatic rings. The van der Waals surface area contributed by atoms with Crippen LogP contribution in [0.5, 0.6) is 11.5 Å². The summed E-state index contributed by atoms with van der Waals surface area (Å²) in [5.41, 5.74) is 2.00. The minimum absolute atomic E-state index is 0.0465. The third-order valence-corrected chi connectivity index (χ3v) is 6.18. The molecule has 0 saturated carbocycles. The highest BCUT2D eigenvalue weighted by Gasteiger charge is 2.37. The maximum atomic E-state index is 12.9. The number of ether oxygens (including phenoxy) is 2. The average molecular weight is 381 g/mol. The lowest BCUT2D eigenvalue weighted by Crippen LogP contribution is -2.44. The highest BCUT2D eigenvalue weighted by molar-refractivity contribution is 6.03. The molecule has 5 nitrogen and oxygen atoms in total. The SMILES string of the molecule is COc1cc2c(cc1OC)C(=O)C(CN1CCC(O)(c3ccccc3)CC1)C2. The second kappa shape index (κ2) is 7.57. The van der Waals surface area contributed by atoms with Crippen molar-refractivity contribution in [3.8, 4) is 11.5 Å². The number of benzene rings is 2. The number of methoxy groups -OCH3 is 2. The van der Waals surface area contributed by atoms with Crippen LogP contribution in [-0.4, -0.2) is 49.6 Å². The van der Waals surface area contributed by atoms with Crippen molar-refractivity contribution in [2.75, 3.05) is 33.9 Å². The van der Waals surface area contributed by atoms with E-state index in [9.17, 15) is 9.90 Å². The molecule has 1 N–H and O–H groups in total. The standard InChI is InChI=1S/C23H27NO4/c1-27-20-13-16-12-17(22(25)19(16)14-21(20)28-2)15-24-10-8-23(26,9-11-24)18-6-4-3-5-7-18/h3-7,13-14,17,26H,8-12,15H2,1-2H3. The minimum atomic E-state index is -0.763. The molecule has 4 rings (SSSR count). The number of rotatable bonds is 5. The fourth-order valence-electron chi connectivity index (χ4n) is 4.50. The van der Waals surface area contributed by atoms with Crippen LogP contribution < -0.4 is 9.47 Å². The number of carbonyl (C=O) groups is 1. The molecule has 1 aliphatic heterocycles. The van der Waals surface area contributed by atoms with E-state index in [2.05, 4.69) is 4.90 Å². The van der Waals surface area contributed by atoms with Gasteiger partial charge in [0, 0.05) is 31.1 Å². The van der Waals surface area contributed by atoms with Crippen LogP contribution >= 0.6 is 0 Å². The van der Waals surface area contributed by atoms with Gasteiger partial charge in [0.2, 0.25) is 0 Å². The van der Waals surface area contributed by atoms with Crippen molar-refractivity contribution in [3.05, 3.63) is 59.2 Å². The maximum absolute atomic E-state index is 12.9. The second-order valence-electron chi connectivity index (χ2n) is 7.83. The zero-order chi connectivity index (χ0) is 19.7. The lowest BCUT2D eigenvalue weighted by atomic mass is 9.84. The first-order chi connectivity index (χ1) is 13.5. The van der Waals surface area contributed by atoms with E-state index < -0.39 is 5.60 Å². The van der Waals surface area contributed by atoms with Gasteiger partial charge in [0.25, 0.3) is 0 Å². The Hall–Kier alpha value is -2.37. The van der Waals surface area contributed by atoms with Crippen molar-refractivity contribution in [2.45, 2.75) is 24.9 Å². The van der Waals surface area contributed by atoms with Crippen LogP contribution in [-0.2, 0) is 12.0 Å². The zero-order valence-electron chi connectivity index (χ0n) is 16.5. The number of fused-ring (bicyclic) bond motifs is 1. The number of aliphatic hydroxyl groups is 1. The quantitative estimate of drug-likeness (QED) is 0.863. The molecule has 1 heterocycles. The zero-order valence-corrected chi connectivity index (χ0v) is 16.5. The van der Waals surface area contributed by atoms with Gasteiger partial charge >= 0.3 is 0 Å². The Morgan fingerprint density at radius 2 is 1.71 bits per heavy atom. The number of ketones is 1. The summed E-state index contributed by atoms with van der Waals surface area (Å²) in [6.07, 6.45) is 2.10. The molecule has 5 heteroatoms. The number of Topliss-reactive ketones (excluding diaryl/α,β-unsaturated/α-hetero) is 1. The third kappa shape index (κ3) is 3.40. The Bertz CT molecular complexity index is 856. The molecule has 0 radical (unpaired) electrons. The maximum Gasteiger partial charge on any atom is 0.167 e. The third-order valence-electron chi connectivity index (χ3n) is 6.18. The van der Waals surface area contributed by atoms with Crippen LogP contribution in [0.15, 0.2) is 42.5 Å². The van der Waals surface area contributed by atoms with E-state index in [-0.39, 0.29) is 11.7 Å². The van der Waals surface area contributed by atoms with Crippen molar-refractivity contribution < 1.29 is 19.4 Å². The summed E-state index contributed by atoms with van der Waals surface area (Å²) < 4.78 is 10.7. The van der Waals surface area contributed by atoms with Crippen molar-refractivity contribution in [1.82, 2.24) is 4.90 Å². The molecule has 0 spiro atoms. The molecule has 0 aromatic heterocycles. The largest absolute Gasteiger partial charge is 0.493 e. The van der Waals surface area contributed by atoms with E-state index in [0.29, 0.717) is 24.3 Å². The van der Waals surface area contributed by atoms with Crippen LogP contribution in [0.1, 0.15) is 34.3 Å². The second-order valence-corrected chi connectivity index (χ2v) is 7.83. The fourth-order valence-corrected chi connectivity index (χ4v) is 4.50. The predicted octanol–water partition coefficient (Wildman–Crippen LogP) is 3.04. The van der Waals surface area contributed by atoms with Gasteiger partial charge in [0.15, 0.2) is 17.3 Å². The number of nitrogens with zero attached hydrogens (tertiary/aromatic N) is 1. The average Bonchev–Trinajstić information content (AvgIpc) is 3.04. The summed E-state index contributed by atoms with van der Waals surface area (Å²) in [4.78, 5) is 15.2. The number of hydrogen-bond donors (Lipinski definition) is 1. The molecule has 28 heavy (non-hydrogen) atoms. The van der Waals surface area contributed by atoms with Gasteiger partial charge in [-0.2, -0.15) is 0 Å². The summed E-state index contributed by atoms with van der Waals surface area (Å²) in [5, 5.41) is 11.0. The van der Waals surface area contributed by atoms with Gasteiger partial charge in [-0.05, 0) is 42.5 Å². The Balaban J connectivity index is 1.41. The molecule has 1 atom stereocenters. The van der Waals surface area contributed by atoms with E-state index in [0.717, 1.165) is 42.7 Å². The topological polar surface area (TPSA) is 59.0 Å².